The van der Waals surface area contributed by atoms with Gasteiger partial charge in [0.2, 0.25) is 0 Å². The quantitative estimate of drug-likeness (QED) is 0.590. The summed E-state index contributed by atoms with van der Waals surface area (Å²) in [5.41, 5.74) is 0.423. The number of pyridine rings is 1. The van der Waals surface area contributed by atoms with Crippen LogP contribution in [0.25, 0.3) is 11.0 Å². The van der Waals surface area contributed by atoms with E-state index in [2.05, 4.69) is 15.0 Å². The topological polar surface area (TPSA) is 41.6 Å². The number of benzene rings is 1. The van der Waals surface area contributed by atoms with Crippen molar-refractivity contribution in [2.75, 3.05) is 0 Å². The van der Waals surface area contributed by atoms with Gasteiger partial charge >= 0.3 is 0 Å². The molecule has 21 heavy (non-hydrogen) atoms. The number of hydrogen-bond acceptors (Lipinski definition) is 3. The SMILES string of the molecule is Fc1cc2nc(SCc3c(F)cncc3F)[nH]c2cc1F. The van der Waals surface area contributed by atoms with E-state index in [0.717, 1.165) is 36.3 Å². The Morgan fingerprint density at radius 2 is 1.62 bits per heavy atom. The van der Waals surface area contributed by atoms with Crippen LogP contribution >= 0.6 is 11.8 Å². The molecular weight excluding hydrogens is 306 g/mol. The number of nitrogens with zero attached hydrogens (tertiary/aromatic N) is 2. The number of fused-ring (bicyclic) bond motifs is 1. The largest absolute Gasteiger partial charge is 0.333 e. The predicted octanol–water partition coefficient (Wildman–Crippen LogP) is 3.81. The van der Waals surface area contributed by atoms with Crippen molar-refractivity contribution in [2.45, 2.75) is 10.9 Å². The molecule has 0 amide bonds. The summed E-state index contributed by atoms with van der Waals surface area (Å²) in [6.07, 6.45) is 1.84. The van der Waals surface area contributed by atoms with E-state index in [-0.39, 0.29) is 16.8 Å². The van der Waals surface area contributed by atoms with E-state index in [1.807, 2.05) is 0 Å². The van der Waals surface area contributed by atoms with E-state index in [0.29, 0.717) is 10.7 Å². The van der Waals surface area contributed by atoms with Crippen LogP contribution in [-0.4, -0.2) is 15.0 Å². The Hall–Kier alpha value is -2.09. The molecule has 2 aromatic heterocycles. The van der Waals surface area contributed by atoms with Gasteiger partial charge in [-0.25, -0.2) is 22.5 Å². The van der Waals surface area contributed by atoms with Crippen LogP contribution < -0.4 is 0 Å². The number of nitrogens with one attached hydrogen (secondary N) is 1. The van der Waals surface area contributed by atoms with E-state index in [4.69, 9.17) is 0 Å². The van der Waals surface area contributed by atoms with Gasteiger partial charge in [-0.1, -0.05) is 11.8 Å². The molecule has 0 aliphatic carbocycles. The Morgan fingerprint density at radius 3 is 2.33 bits per heavy atom. The molecule has 0 saturated carbocycles. The number of thioether (sulfide) groups is 1. The standard InChI is InChI=1S/C13H7F4N3S/c14-7-1-11-12(2-8(7)15)20-13(19-11)21-5-6-9(16)3-18-4-10(6)17/h1-4H,5H2,(H,19,20). The van der Waals surface area contributed by atoms with Gasteiger partial charge in [0.1, 0.15) is 11.6 Å². The van der Waals surface area contributed by atoms with Crippen LogP contribution in [0.5, 0.6) is 0 Å². The molecule has 2 heterocycles. The lowest BCUT2D eigenvalue weighted by atomic mass is 10.3. The second-order valence-corrected chi connectivity index (χ2v) is 5.16. The molecule has 0 bridgehead atoms. The molecule has 0 saturated heterocycles. The molecule has 3 nitrogen and oxygen atoms in total. The molecule has 8 heteroatoms. The van der Waals surface area contributed by atoms with Crippen molar-refractivity contribution >= 4 is 22.8 Å². The number of hydrogen-bond donors (Lipinski definition) is 1. The highest BCUT2D eigenvalue weighted by atomic mass is 32.2. The van der Waals surface area contributed by atoms with Gasteiger partial charge in [-0.15, -0.1) is 0 Å². The molecule has 0 atom stereocenters. The fraction of sp³-hybridized carbons (Fsp3) is 0.0769. The Labute approximate surface area is 120 Å². The molecule has 0 radical (unpaired) electrons. The van der Waals surface area contributed by atoms with Gasteiger partial charge in [-0.3, -0.25) is 4.98 Å². The predicted molar refractivity (Wildman–Crippen MR) is 69.7 cm³/mol. The highest BCUT2D eigenvalue weighted by molar-refractivity contribution is 7.98. The lowest BCUT2D eigenvalue weighted by molar-refractivity contribution is 0.510. The molecule has 3 rings (SSSR count). The van der Waals surface area contributed by atoms with Crippen LogP contribution in [0.3, 0.4) is 0 Å². The van der Waals surface area contributed by atoms with E-state index in [1.165, 1.54) is 0 Å². The average Bonchev–Trinajstić information content (AvgIpc) is 2.80. The zero-order chi connectivity index (χ0) is 15.0. The number of rotatable bonds is 3. The van der Waals surface area contributed by atoms with Crippen molar-refractivity contribution in [3.05, 3.63) is 53.4 Å². The first-order chi connectivity index (χ1) is 10.0. The summed E-state index contributed by atoms with van der Waals surface area (Å²) in [6, 6.07) is 1.94. The Morgan fingerprint density at radius 1 is 0.952 bits per heavy atom. The zero-order valence-electron chi connectivity index (χ0n) is 10.3. The molecule has 0 aliphatic rings. The van der Waals surface area contributed by atoms with Crippen molar-refractivity contribution in [3.63, 3.8) is 0 Å². The molecule has 0 fully saturated rings. The first-order valence-corrected chi connectivity index (χ1v) is 6.78. The lowest BCUT2D eigenvalue weighted by Crippen LogP contribution is -1.95. The van der Waals surface area contributed by atoms with Gasteiger partial charge in [0.15, 0.2) is 16.8 Å². The number of H-pyrrole nitrogens is 1. The summed E-state index contributed by atoms with van der Waals surface area (Å²) < 4.78 is 53.0. The summed E-state index contributed by atoms with van der Waals surface area (Å²) in [5.74, 6) is -3.53. The van der Waals surface area contributed by atoms with E-state index >= 15 is 0 Å². The maximum atomic E-state index is 13.4. The first-order valence-electron chi connectivity index (χ1n) is 5.80. The Kier molecular flexibility index (Phi) is 3.54. The van der Waals surface area contributed by atoms with E-state index < -0.39 is 23.3 Å². The second-order valence-electron chi connectivity index (χ2n) is 4.20. The average molecular weight is 313 g/mol. The summed E-state index contributed by atoms with van der Waals surface area (Å²) in [7, 11) is 0. The summed E-state index contributed by atoms with van der Waals surface area (Å²) in [4.78, 5) is 10.2. The molecule has 1 N–H and O–H groups in total. The first kappa shape index (κ1) is 13.9. The van der Waals surface area contributed by atoms with Crippen molar-refractivity contribution in [2.24, 2.45) is 0 Å². The number of aromatic nitrogens is 3. The van der Waals surface area contributed by atoms with Crippen LogP contribution in [-0.2, 0) is 5.75 Å². The smallest absolute Gasteiger partial charge is 0.166 e. The fourth-order valence-corrected chi connectivity index (χ4v) is 2.67. The van der Waals surface area contributed by atoms with Gasteiger partial charge in [0.05, 0.1) is 23.4 Å². The monoisotopic (exact) mass is 313 g/mol. The minimum atomic E-state index is -1.00. The fourth-order valence-electron chi connectivity index (χ4n) is 1.77. The Balaban J connectivity index is 1.85. The number of imidazole rings is 1. The minimum Gasteiger partial charge on any atom is -0.333 e. The summed E-state index contributed by atoms with van der Waals surface area (Å²) in [6.45, 7) is 0. The number of aromatic amines is 1. The summed E-state index contributed by atoms with van der Waals surface area (Å²) in [5, 5.41) is 0.311. The molecule has 3 aromatic rings. The van der Waals surface area contributed by atoms with Gasteiger partial charge in [0, 0.05) is 23.4 Å². The Bertz CT molecular complexity index is 759. The third-order valence-electron chi connectivity index (χ3n) is 2.81. The van der Waals surface area contributed by atoms with Crippen LogP contribution in [0.15, 0.2) is 29.7 Å². The molecular formula is C13H7F4N3S. The third-order valence-corrected chi connectivity index (χ3v) is 3.71. The zero-order valence-corrected chi connectivity index (χ0v) is 11.1. The van der Waals surface area contributed by atoms with Crippen LogP contribution in [0.4, 0.5) is 17.6 Å². The maximum Gasteiger partial charge on any atom is 0.166 e. The highest BCUT2D eigenvalue weighted by Gasteiger charge is 2.12. The van der Waals surface area contributed by atoms with Gasteiger partial charge in [-0.05, 0) is 0 Å². The van der Waals surface area contributed by atoms with Gasteiger partial charge in [0.25, 0.3) is 0 Å². The van der Waals surface area contributed by atoms with Crippen molar-refractivity contribution < 1.29 is 17.6 Å². The summed E-state index contributed by atoms with van der Waals surface area (Å²) >= 11 is 1.02. The van der Waals surface area contributed by atoms with Crippen LogP contribution in [0, 0.1) is 23.3 Å². The van der Waals surface area contributed by atoms with E-state index in [1.54, 1.807) is 0 Å². The van der Waals surface area contributed by atoms with Gasteiger partial charge in [-0.2, -0.15) is 0 Å². The van der Waals surface area contributed by atoms with Crippen molar-refractivity contribution in [3.8, 4) is 0 Å². The van der Waals surface area contributed by atoms with Gasteiger partial charge < -0.3 is 4.98 Å². The highest BCUT2D eigenvalue weighted by Crippen LogP contribution is 2.26. The second kappa shape index (κ2) is 5.36. The van der Waals surface area contributed by atoms with Crippen molar-refractivity contribution in [1.29, 1.82) is 0 Å². The van der Waals surface area contributed by atoms with E-state index in [9.17, 15) is 17.6 Å². The number of halogens is 4. The molecule has 0 spiro atoms. The third kappa shape index (κ3) is 2.71. The minimum absolute atomic E-state index is 0.0228. The maximum absolute atomic E-state index is 13.4. The van der Waals surface area contributed by atoms with Crippen LogP contribution in [0.1, 0.15) is 5.56 Å². The normalized spacial score (nSPS) is 11.2. The van der Waals surface area contributed by atoms with Crippen LogP contribution in [0.2, 0.25) is 0 Å². The lowest BCUT2D eigenvalue weighted by Gasteiger charge is -2.01. The molecule has 0 unspecified atom stereocenters. The van der Waals surface area contributed by atoms with Crippen molar-refractivity contribution in [1.82, 2.24) is 15.0 Å². The molecule has 0 aliphatic heterocycles. The molecule has 108 valence electrons. The molecule has 1 aromatic carbocycles.